The summed E-state index contributed by atoms with van der Waals surface area (Å²) in [5.41, 5.74) is 7.72. The van der Waals surface area contributed by atoms with E-state index in [0.29, 0.717) is 5.92 Å². The molecule has 3 N–H and O–H groups in total. The van der Waals surface area contributed by atoms with Crippen molar-refractivity contribution in [2.75, 3.05) is 18.8 Å². The first-order chi connectivity index (χ1) is 8.25. The van der Waals surface area contributed by atoms with Gasteiger partial charge in [-0.2, -0.15) is 0 Å². The third-order valence-electron chi connectivity index (χ3n) is 3.36. The number of hydrogen-bond acceptors (Lipinski definition) is 3. The van der Waals surface area contributed by atoms with Gasteiger partial charge in [0.15, 0.2) is 0 Å². The monoisotopic (exact) mass is 294 g/mol. The van der Waals surface area contributed by atoms with Gasteiger partial charge in [0.25, 0.3) is 0 Å². The van der Waals surface area contributed by atoms with Crippen LogP contribution in [-0.4, -0.2) is 22.5 Å². The van der Waals surface area contributed by atoms with Crippen molar-refractivity contribution in [2.45, 2.75) is 12.8 Å². The molecular formula is C12H15BrN4. The molecule has 1 fully saturated rings. The summed E-state index contributed by atoms with van der Waals surface area (Å²) in [5.74, 6) is 1.78. The molecule has 5 heteroatoms. The van der Waals surface area contributed by atoms with Crippen molar-refractivity contribution in [2.24, 2.45) is 5.92 Å². The van der Waals surface area contributed by atoms with Gasteiger partial charge in [0.1, 0.15) is 15.9 Å². The molecule has 0 aliphatic carbocycles. The Morgan fingerprint density at radius 2 is 2.47 bits per heavy atom. The average molecular weight is 295 g/mol. The summed E-state index contributed by atoms with van der Waals surface area (Å²) in [4.78, 5) is 4.59. The highest BCUT2D eigenvalue weighted by atomic mass is 79.9. The minimum Gasteiger partial charge on any atom is -0.397 e. The molecule has 17 heavy (non-hydrogen) atoms. The van der Waals surface area contributed by atoms with Crippen molar-refractivity contribution in [3.63, 3.8) is 0 Å². The second-order valence-electron chi connectivity index (χ2n) is 4.56. The third-order valence-corrected chi connectivity index (χ3v) is 3.91. The zero-order valence-electron chi connectivity index (χ0n) is 9.49. The lowest BCUT2D eigenvalue weighted by molar-refractivity contribution is 0.560. The Hall–Kier alpha value is -1.07. The highest BCUT2D eigenvalue weighted by molar-refractivity contribution is 9.10. The second kappa shape index (κ2) is 4.31. The summed E-state index contributed by atoms with van der Waals surface area (Å²) < 4.78 is 2.94. The molecule has 0 saturated carbocycles. The molecule has 1 saturated heterocycles. The Kier molecular flexibility index (Phi) is 2.80. The van der Waals surface area contributed by atoms with Crippen LogP contribution >= 0.6 is 15.9 Å². The number of nitrogen functional groups attached to an aromatic ring is 1. The maximum Gasteiger partial charge on any atom is 0.134 e. The van der Waals surface area contributed by atoms with E-state index in [2.05, 4.69) is 30.6 Å². The number of nitrogens with one attached hydrogen (secondary N) is 1. The highest BCUT2D eigenvalue weighted by Gasteiger charge is 2.19. The van der Waals surface area contributed by atoms with Crippen LogP contribution in [0, 0.1) is 5.92 Å². The van der Waals surface area contributed by atoms with Gasteiger partial charge in [-0.1, -0.05) is 0 Å². The van der Waals surface area contributed by atoms with Crippen molar-refractivity contribution < 1.29 is 0 Å². The lowest BCUT2D eigenvalue weighted by Gasteiger charge is -2.07. The highest BCUT2D eigenvalue weighted by Crippen LogP contribution is 2.26. The molecular weight excluding hydrogens is 280 g/mol. The van der Waals surface area contributed by atoms with Gasteiger partial charge >= 0.3 is 0 Å². The number of hydrogen-bond donors (Lipinski definition) is 2. The molecule has 0 spiro atoms. The van der Waals surface area contributed by atoms with Gasteiger partial charge in [0.2, 0.25) is 0 Å². The second-order valence-corrected chi connectivity index (χ2v) is 5.32. The van der Waals surface area contributed by atoms with Crippen LogP contribution in [0.1, 0.15) is 12.2 Å². The molecule has 2 aromatic rings. The first kappa shape index (κ1) is 11.0. The maximum atomic E-state index is 5.98. The van der Waals surface area contributed by atoms with Crippen molar-refractivity contribution in [1.29, 1.82) is 0 Å². The van der Waals surface area contributed by atoms with Gasteiger partial charge in [-0.15, -0.1) is 0 Å². The van der Waals surface area contributed by atoms with E-state index in [0.717, 1.165) is 41.1 Å². The van der Waals surface area contributed by atoms with Gasteiger partial charge in [-0.25, -0.2) is 4.98 Å². The quantitative estimate of drug-likeness (QED) is 0.888. The van der Waals surface area contributed by atoms with Crippen molar-refractivity contribution in [3.8, 4) is 0 Å². The number of anilines is 1. The van der Waals surface area contributed by atoms with Crippen LogP contribution in [-0.2, 0) is 6.42 Å². The Morgan fingerprint density at radius 3 is 3.24 bits per heavy atom. The lowest BCUT2D eigenvalue weighted by Crippen LogP contribution is -2.12. The largest absolute Gasteiger partial charge is 0.397 e. The maximum absolute atomic E-state index is 5.98. The molecule has 3 rings (SSSR count). The molecule has 0 aromatic carbocycles. The normalized spacial score (nSPS) is 20.2. The number of halogens is 1. The summed E-state index contributed by atoms with van der Waals surface area (Å²) >= 11 is 3.49. The molecule has 1 aliphatic heterocycles. The molecule has 4 nitrogen and oxygen atoms in total. The fraction of sp³-hybridized carbons (Fsp3) is 0.417. The Labute approximate surface area is 108 Å². The third kappa shape index (κ3) is 1.93. The van der Waals surface area contributed by atoms with Crippen molar-refractivity contribution in [3.05, 3.63) is 28.8 Å². The van der Waals surface area contributed by atoms with Crippen LogP contribution in [0.5, 0.6) is 0 Å². The summed E-state index contributed by atoms with van der Waals surface area (Å²) in [5, 5.41) is 3.39. The number of pyridine rings is 1. The van der Waals surface area contributed by atoms with E-state index in [1.54, 1.807) is 0 Å². The van der Waals surface area contributed by atoms with Crippen LogP contribution in [0.25, 0.3) is 5.52 Å². The van der Waals surface area contributed by atoms with E-state index in [9.17, 15) is 0 Å². The fourth-order valence-corrected chi connectivity index (χ4v) is 3.09. The predicted molar refractivity (Wildman–Crippen MR) is 72.0 cm³/mol. The Bertz CT molecular complexity index is 543. The topological polar surface area (TPSA) is 55.4 Å². The number of aromatic nitrogens is 2. The molecule has 0 bridgehead atoms. The van der Waals surface area contributed by atoms with E-state index < -0.39 is 0 Å². The number of fused-ring (bicyclic) bond motifs is 1. The van der Waals surface area contributed by atoms with E-state index >= 15 is 0 Å². The van der Waals surface area contributed by atoms with E-state index in [1.165, 1.54) is 6.42 Å². The summed E-state index contributed by atoms with van der Waals surface area (Å²) in [6.07, 6.45) is 4.26. The van der Waals surface area contributed by atoms with E-state index in [4.69, 9.17) is 5.73 Å². The molecule has 0 radical (unpaired) electrons. The summed E-state index contributed by atoms with van der Waals surface area (Å²) in [7, 11) is 0. The first-order valence-corrected chi connectivity index (χ1v) is 6.66. The molecule has 3 heterocycles. The molecule has 0 amide bonds. The number of imidazole rings is 1. The van der Waals surface area contributed by atoms with Crippen molar-refractivity contribution in [1.82, 2.24) is 14.7 Å². The minimum atomic E-state index is 0.689. The molecule has 90 valence electrons. The fourth-order valence-electron chi connectivity index (χ4n) is 2.47. The van der Waals surface area contributed by atoms with Gasteiger partial charge in [-0.05, 0) is 53.5 Å². The average Bonchev–Trinajstić information content (AvgIpc) is 2.90. The van der Waals surface area contributed by atoms with Crippen molar-refractivity contribution >= 4 is 27.1 Å². The molecule has 1 unspecified atom stereocenters. The first-order valence-electron chi connectivity index (χ1n) is 5.87. The minimum absolute atomic E-state index is 0.689. The van der Waals surface area contributed by atoms with Gasteiger partial charge in [-0.3, -0.25) is 0 Å². The summed E-state index contributed by atoms with van der Waals surface area (Å²) in [6, 6.07) is 3.87. The van der Waals surface area contributed by atoms with Gasteiger partial charge < -0.3 is 15.5 Å². The van der Waals surface area contributed by atoms with Crippen LogP contribution in [0.15, 0.2) is 22.9 Å². The smallest absolute Gasteiger partial charge is 0.134 e. The van der Waals surface area contributed by atoms with Gasteiger partial charge in [0.05, 0.1) is 5.69 Å². The van der Waals surface area contributed by atoms with Crippen LogP contribution in [0.4, 0.5) is 5.69 Å². The molecule has 2 aromatic heterocycles. The Balaban J connectivity index is 2.01. The lowest BCUT2D eigenvalue weighted by atomic mass is 10.0. The van der Waals surface area contributed by atoms with Crippen LogP contribution < -0.4 is 11.1 Å². The van der Waals surface area contributed by atoms with Crippen LogP contribution in [0.3, 0.4) is 0 Å². The zero-order chi connectivity index (χ0) is 11.8. The summed E-state index contributed by atoms with van der Waals surface area (Å²) in [6.45, 7) is 2.21. The SMILES string of the molecule is Nc1cccn2c(CC3CCNC3)nc(Br)c12. The number of nitrogens with zero attached hydrogens (tertiary/aromatic N) is 2. The standard InChI is InChI=1S/C12H15BrN4/c13-12-11-9(14)2-1-5-17(11)10(16-12)6-8-3-4-15-7-8/h1-2,5,8,15H,3-4,6-7,14H2. The number of rotatable bonds is 2. The predicted octanol–water partition coefficient (Wildman–Crippen LogP) is 1.83. The van der Waals surface area contributed by atoms with Gasteiger partial charge in [0, 0.05) is 12.6 Å². The molecule has 1 aliphatic rings. The van der Waals surface area contributed by atoms with E-state index in [-0.39, 0.29) is 0 Å². The molecule has 1 atom stereocenters. The van der Waals surface area contributed by atoms with E-state index in [1.807, 2.05) is 18.3 Å². The zero-order valence-corrected chi connectivity index (χ0v) is 11.1. The van der Waals surface area contributed by atoms with Crippen LogP contribution in [0.2, 0.25) is 0 Å². The Morgan fingerprint density at radius 1 is 1.59 bits per heavy atom. The number of nitrogens with two attached hydrogens (primary N) is 1.